The Balaban J connectivity index is 1.25. The van der Waals surface area contributed by atoms with Crippen LogP contribution in [-0.4, -0.2) is 19.9 Å². The average molecular weight is 499 g/mol. The number of aromatic nitrogens is 4. The molecule has 8 rings (SSSR count). The Morgan fingerprint density at radius 2 is 1.34 bits per heavy atom. The zero-order valence-corrected chi connectivity index (χ0v) is 22.8. The van der Waals surface area contributed by atoms with E-state index in [2.05, 4.69) is 74.1 Å². The van der Waals surface area contributed by atoms with E-state index in [0.29, 0.717) is 0 Å². The summed E-state index contributed by atoms with van der Waals surface area (Å²) in [6.07, 6.45) is 7.39. The number of imidazole rings is 2. The van der Waals surface area contributed by atoms with Crippen LogP contribution in [0.1, 0.15) is 73.0 Å². The van der Waals surface area contributed by atoms with Gasteiger partial charge in [-0.3, -0.25) is 0 Å². The zero-order chi connectivity index (χ0) is 25.8. The van der Waals surface area contributed by atoms with E-state index in [9.17, 15) is 0 Å². The van der Waals surface area contributed by atoms with Crippen LogP contribution in [0.3, 0.4) is 0 Å². The summed E-state index contributed by atoms with van der Waals surface area (Å²) in [5, 5.41) is 2.78. The third kappa shape index (κ3) is 3.09. The van der Waals surface area contributed by atoms with Gasteiger partial charge in [0.25, 0.3) is 0 Å². The molecular weight excluding hydrogens is 464 g/mol. The fourth-order valence-electron chi connectivity index (χ4n) is 7.14. The molecule has 0 saturated carbocycles. The maximum Gasteiger partial charge on any atom is 0.112 e. The Morgan fingerprint density at radius 1 is 0.684 bits per heavy atom. The Morgan fingerprint density at radius 3 is 2.18 bits per heavy atom. The molecule has 4 nitrogen and oxygen atoms in total. The van der Waals surface area contributed by atoms with Gasteiger partial charge >= 0.3 is 0 Å². The van der Waals surface area contributed by atoms with Crippen molar-refractivity contribution < 1.29 is 0 Å². The van der Waals surface area contributed by atoms with Gasteiger partial charge in [-0.1, -0.05) is 58.0 Å². The Hall–Kier alpha value is -3.66. The normalized spacial score (nSPS) is 15.4. The molecule has 0 unspecified atom stereocenters. The van der Waals surface area contributed by atoms with Crippen LogP contribution in [0, 0.1) is 0 Å². The molecule has 2 aromatic heterocycles. The van der Waals surface area contributed by atoms with E-state index in [1.54, 1.807) is 11.1 Å². The first-order valence-corrected chi connectivity index (χ1v) is 14.3. The first kappa shape index (κ1) is 22.3. The molecule has 4 heteroatoms. The molecule has 0 bridgehead atoms. The number of benzene rings is 3. The summed E-state index contributed by atoms with van der Waals surface area (Å²) in [6.45, 7) is 8.87. The molecule has 0 amide bonds. The fourth-order valence-corrected chi connectivity index (χ4v) is 7.14. The summed E-state index contributed by atoms with van der Waals surface area (Å²) in [4.78, 5) is 17.2. The third-order valence-electron chi connectivity index (χ3n) is 9.13. The van der Waals surface area contributed by atoms with Gasteiger partial charge in [0.1, 0.15) is 11.6 Å². The van der Waals surface area contributed by atoms with Gasteiger partial charge in [-0.05, 0) is 88.7 Å². The van der Waals surface area contributed by atoms with Gasteiger partial charge in [0, 0.05) is 23.0 Å². The van der Waals surface area contributed by atoms with Gasteiger partial charge in [-0.15, -0.1) is 0 Å². The number of nitrogens with zero attached hydrogens (tertiary/aromatic N) is 2. The minimum Gasteiger partial charge on any atom is -0.342 e. The molecule has 3 aromatic carbocycles. The Kier molecular flexibility index (Phi) is 4.52. The van der Waals surface area contributed by atoms with Crippen LogP contribution in [0.25, 0.3) is 44.4 Å². The van der Waals surface area contributed by atoms with Crippen molar-refractivity contribution >= 4 is 10.8 Å². The van der Waals surface area contributed by atoms with E-state index >= 15 is 0 Å². The average Bonchev–Trinajstić information content (AvgIpc) is 3.56. The highest BCUT2D eigenvalue weighted by Gasteiger charge is 2.29. The summed E-state index contributed by atoms with van der Waals surface area (Å²) in [5.41, 5.74) is 16.7. The minimum absolute atomic E-state index is 0.0251. The van der Waals surface area contributed by atoms with Crippen molar-refractivity contribution in [2.75, 3.05) is 0 Å². The van der Waals surface area contributed by atoms with Crippen LogP contribution in [0.2, 0.25) is 0 Å². The number of aromatic amines is 2. The predicted molar refractivity (Wildman–Crippen MR) is 155 cm³/mol. The number of hydrogen-bond acceptors (Lipinski definition) is 2. The SMILES string of the molecule is CCc1nc2c([nH]1)-c1ccc3c(c1CC2)CCc1c-3ccc2cc3c(cc12)CCc1nc(C(C)(C)C)[nH]c1-3. The molecular formula is C34H34N4. The van der Waals surface area contributed by atoms with E-state index in [0.717, 1.165) is 56.6 Å². The molecule has 38 heavy (non-hydrogen) atoms. The van der Waals surface area contributed by atoms with Crippen molar-refractivity contribution in [3.63, 3.8) is 0 Å². The van der Waals surface area contributed by atoms with Gasteiger partial charge < -0.3 is 9.97 Å². The summed E-state index contributed by atoms with van der Waals surface area (Å²) < 4.78 is 0. The number of aryl methyl sites for hydroxylation is 5. The molecule has 0 radical (unpaired) electrons. The monoisotopic (exact) mass is 498 g/mol. The molecule has 0 fully saturated rings. The van der Waals surface area contributed by atoms with E-state index < -0.39 is 0 Å². The molecule has 5 aromatic rings. The highest BCUT2D eigenvalue weighted by atomic mass is 15.0. The van der Waals surface area contributed by atoms with Crippen LogP contribution in [0.15, 0.2) is 36.4 Å². The van der Waals surface area contributed by atoms with Crippen LogP contribution in [0.5, 0.6) is 0 Å². The lowest BCUT2D eigenvalue weighted by atomic mass is 9.76. The van der Waals surface area contributed by atoms with Crippen molar-refractivity contribution in [3.05, 3.63) is 81.7 Å². The summed E-state index contributed by atoms with van der Waals surface area (Å²) in [7, 11) is 0. The molecule has 190 valence electrons. The number of fused-ring (bicyclic) bond motifs is 12. The second-order valence-corrected chi connectivity index (χ2v) is 12.5. The first-order valence-electron chi connectivity index (χ1n) is 14.3. The second-order valence-electron chi connectivity index (χ2n) is 12.5. The molecule has 0 saturated heterocycles. The van der Waals surface area contributed by atoms with Crippen molar-refractivity contribution in [1.82, 2.24) is 19.9 Å². The van der Waals surface area contributed by atoms with Gasteiger partial charge in [0.15, 0.2) is 0 Å². The lowest BCUT2D eigenvalue weighted by Crippen LogP contribution is -2.13. The largest absolute Gasteiger partial charge is 0.342 e. The standard InChI is InChI=1S/C34H34N4/c1-5-30-35-28-15-13-23-22-9-10-24-20(21(22)11-12-25(23)31(28)37-30)8-6-18-17-27-19(16-26(18)24)7-14-29-32(27)38-33(36-29)34(2,3)4/h6,8,11-12,16-17H,5,7,9-10,13-15H2,1-4H3,(H,35,37)(H,36,38). The lowest BCUT2D eigenvalue weighted by Gasteiger charge is -2.28. The van der Waals surface area contributed by atoms with Crippen LogP contribution >= 0.6 is 0 Å². The van der Waals surface area contributed by atoms with E-state index in [1.807, 2.05) is 0 Å². The van der Waals surface area contributed by atoms with Gasteiger partial charge in [-0.25, -0.2) is 9.97 Å². The number of H-pyrrole nitrogens is 2. The molecule has 2 heterocycles. The van der Waals surface area contributed by atoms with Crippen LogP contribution < -0.4 is 0 Å². The van der Waals surface area contributed by atoms with Crippen LogP contribution in [-0.2, 0) is 50.4 Å². The maximum absolute atomic E-state index is 4.99. The quantitative estimate of drug-likeness (QED) is 0.252. The van der Waals surface area contributed by atoms with Crippen molar-refractivity contribution in [2.24, 2.45) is 0 Å². The van der Waals surface area contributed by atoms with Gasteiger partial charge in [0.2, 0.25) is 0 Å². The number of rotatable bonds is 1. The highest BCUT2D eigenvalue weighted by molar-refractivity contribution is 5.97. The topological polar surface area (TPSA) is 57.4 Å². The summed E-state index contributed by atoms with van der Waals surface area (Å²) in [6, 6.07) is 14.4. The van der Waals surface area contributed by atoms with E-state index in [-0.39, 0.29) is 5.41 Å². The molecule has 2 N–H and O–H groups in total. The minimum atomic E-state index is 0.0251. The predicted octanol–water partition coefficient (Wildman–Crippen LogP) is 7.44. The molecule has 3 aliphatic rings. The second kappa shape index (κ2) is 7.69. The Labute approximate surface area is 224 Å². The van der Waals surface area contributed by atoms with Crippen LogP contribution in [0.4, 0.5) is 0 Å². The van der Waals surface area contributed by atoms with E-state index in [1.165, 1.54) is 66.9 Å². The zero-order valence-electron chi connectivity index (χ0n) is 22.8. The molecule has 0 atom stereocenters. The van der Waals surface area contributed by atoms with Gasteiger partial charge in [-0.2, -0.15) is 0 Å². The Bertz CT molecular complexity index is 1790. The van der Waals surface area contributed by atoms with Crippen molar-refractivity contribution in [1.29, 1.82) is 0 Å². The number of nitrogens with one attached hydrogen (secondary N) is 2. The lowest BCUT2D eigenvalue weighted by molar-refractivity contribution is 0.551. The fraction of sp³-hybridized carbons (Fsp3) is 0.353. The van der Waals surface area contributed by atoms with Crippen molar-refractivity contribution in [3.8, 4) is 33.6 Å². The molecule has 3 aliphatic carbocycles. The third-order valence-corrected chi connectivity index (χ3v) is 9.13. The number of hydrogen-bond donors (Lipinski definition) is 2. The molecule has 0 aliphatic heterocycles. The summed E-state index contributed by atoms with van der Waals surface area (Å²) in [5.74, 6) is 2.20. The molecule has 0 spiro atoms. The van der Waals surface area contributed by atoms with Crippen molar-refractivity contribution in [2.45, 2.75) is 78.1 Å². The maximum atomic E-state index is 4.99. The highest BCUT2D eigenvalue weighted by Crippen LogP contribution is 2.45. The van der Waals surface area contributed by atoms with Gasteiger partial charge in [0.05, 0.1) is 22.8 Å². The summed E-state index contributed by atoms with van der Waals surface area (Å²) >= 11 is 0. The van der Waals surface area contributed by atoms with E-state index in [4.69, 9.17) is 9.97 Å². The first-order chi connectivity index (χ1) is 18.4. The smallest absolute Gasteiger partial charge is 0.112 e.